The molecule has 3 rings (SSSR count). The van der Waals surface area contributed by atoms with E-state index < -0.39 is 22.2 Å². The van der Waals surface area contributed by atoms with Crippen LogP contribution in [-0.4, -0.2) is 47.2 Å². The zero-order valence-corrected chi connectivity index (χ0v) is 17.6. The molecular weight excluding hydrogens is 435 g/mol. The van der Waals surface area contributed by atoms with Crippen LogP contribution < -0.4 is 24.6 Å². The van der Waals surface area contributed by atoms with Crippen molar-refractivity contribution in [2.24, 2.45) is 0 Å². The van der Waals surface area contributed by atoms with Crippen LogP contribution in [0, 0.1) is 0 Å². The fourth-order valence-electron chi connectivity index (χ4n) is 2.93. The Morgan fingerprint density at radius 3 is 2.23 bits per heavy atom. The van der Waals surface area contributed by atoms with Crippen molar-refractivity contribution in [3.8, 4) is 11.5 Å². The molecule has 2 aromatic carbocycles. The van der Waals surface area contributed by atoms with Gasteiger partial charge in [0.25, 0.3) is 0 Å². The van der Waals surface area contributed by atoms with Gasteiger partial charge in [-0.05, 0) is 60.2 Å². The van der Waals surface area contributed by atoms with E-state index in [9.17, 15) is 21.6 Å². The number of ether oxygens (including phenoxy) is 2. The summed E-state index contributed by atoms with van der Waals surface area (Å²) in [6, 6.07) is 11.3. The van der Waals surface area contributed by atoms with Crippen LogP contribution in [0.1, 0.15) is 5.56 Å². The highest BCUT2D eigenvalue weighted by Gasteiger charge is 2.43. The summed E-state index contributed by atoms with van der Waals surface area (Å²) in [5, 5.41) is 1.38. The maximum absolute atomic E-state index is 13.4. The number of nitrogens with one attached hydrogen (secondary N) is 2. The van der Waals surface area contributed by atoms with E-state index in [1.807, 2.05) is 0 Å². The summed E-state index contributed by atoms with van der Waals surface area (Å²) < 4.78 is 75.0. The average molecular weight is 457 g/mol. The molecule has 0 aliphatic carbocycles. The minimum Gasteiger partial charge on any atom is -0.497 e. The monoisotopic (exact) mass is 457 g/mol. The molecule has 168 valence electrons. The molecule has 1 heterocycles. The summed E-state index contributed by atoms with van der Waals surface area (Å²) in [5.74, 6) is 1.06. The van der Waals surface area contributed by atoms with E-state index in [1.165, 1.54) is 12.1 Å². The van der Waals surface area contributed by atoms with Gasteiger partial charge in [-0.25, -0.2) is 18.6 Å². The van der Waals surface area contributed by atoms with Gasteiger partial charge >= 0.3 is 6.18 Å². The maximum Gasteiger partial charge on any atom is 0.409 e. The molecule has 31 heavy (non-hydrogen) atoms. The van der Waals surface area contributed by atoms with Gasteiger partial charge in [0.05, 0.1) is 24.7 Å². The van der Waals surface area contributed by atoms with Gasteiger partial charge < -0.3 is 9.47 Å². The second kappa shape index (κ2) is 9.16. The third-order valence-electron chi connectivity index (χ3n) is 4.40. The number of hydrogen-bond acceptors (Lipinski definition) is 6. The van der Waals surface area contributed by atoms with E-state index in [-0.39, 0.29) is 13.2 Å². The molecule has 1 atom stereocenters. The number of halogens is 3. The van der Waals surface area contributed by atoms with Crippen LogP contribution in [0.3, 0.4) is 0 Å². The fourth-order valence-corrected chi connectivity index (χ4v) is 3.39. The molecule has 7 nitrogen and oxygen atoms in total. The van der Waals surface area contributed by atoms with Gasteiger partial charge in [-0.2, -0.15) is 13.2 Å². The molecular formula is C20H22F3N3O4S. The molecule has 0 saturated carbocycles. The maximum atomic E-state index is 13.4. The second-order valence-electron chi connectivity index (χ2n) is 6.77. The Morgan fingerprint density at radius 1 is 1.06 bits per heavy atom. The SMILES string of the molecule is COc1ccc(N2NC(C(F)(F)F)C=C2c2ccc(OCCNS(C)(=O)=O)cc2)cc1. The van der Waals surface area contributed by atoms with Crippen molar-refractivity contribution in [1.82, 2.24) is 10.1 Å². The minimum atomic E-state index is -4.46. The lowest BCUT2D eigenvalue weighted by Gasteiger charge is -2.25. The Labute approximate surface area is 178 Å². The highest BCUT2D eigenvalue weighted by atomic mass is 32.2. The molecule has 0 saturated heterocycles. The molecule has 1 aliphatic heterocycles. The largest absolute Gasteiger partial charge is 0.497 e. The van der Waals surface area contributed by atoms with Gasteiger partial charge in [-0.15, -0.1) is 0 Å². The summed E-state index contributed by atoms with van der Waals surface area (Å²) in [6.45, 7) is 0.221. The normalized spacial score (nSPS) is 16.9. The third kappa shape index (κ3) is 6.12. The zero-order valence-electron chi connectivity index (χ0n) is 16.8. The van der Waals surface area contributed by atoms with Crippen LogP contribution in [0.2, 0.25) is 0 Å². The van der Waals surface area contributed by atoms with Crippen molar-refractivity contribution in [3.63, 3.8) is 0 Å². The molecule has 2 N–H and O–H groups in total. The van der Waals surface area contributed by atoms with E-state index in [0.717, 1.165) is 12.3 Å². The molecule has 1 aliphatic rings. The van der Waals surface area contributed by atoms with E-state index in [4.69, 9.17) is 9.47 Å². The Balaban J connectivity index is 1.77. The molecule has 2 aromatic rings. The van der Waals surface area contributed by atoms with E-state index in [1.54, 1.807) is 48.5 Å². The first kappa shape index (κ1) is 22.9. The molecule has 0 bridgehead atoms. The lowest BCUT2D eigenvalue weighted by molar-refractivity contribution is -0.142. The van der Waals surface area contributed by atoms with Gasteiger partial charge in [0.2, 0.25) is 10.0 Å². The minimum absolute atomic E-state index is 0.105. The van der Waals surface area contributed by atoms with Crippen molar-refractivity contribution in [2.75, 3.05) is 31.5 Å². The summed E-state index contributed by atoms with van der Waals surface area (Å²) in [6.07, 6.45) is -2.29. The van der Waals surface area contributed by atoms with Crippen LogP contribution in [0.15, 0.2) is 54.6 Å². The fraction of sp³-hybridized carbons (Fsp3) is 0.300. The number of anilines is 1. The molecule has 0 aromatic heterocycles. The topological polar surface area (TPSA) is 79.9 Å². The zero-order chi connectivity index (χ0) is 22.6. The molecule has 0 fully saturated rings. The molecule has 0 radical (unpaired) electrons. The van der Waals surface area contributed by atoms with Gasteiger partial charge in [-0.1, -0.05) is 0 Å². The van der Waals surface area contributed by atoms with Crippen molar-refractivity contribution >= 4 is 21.4 Å². The summed E-state index contributed by atoms with van der Waals surface area (Å²) in [4.78, 5) is 0. The molecule has 0 spiro atoms. The van der Waals surface area contributed by atoms with Gasteiger partial charge in [0, 0.05) is 6.54 Å². The average Bonchev–Trinajstić information content (AvgIpc) is 3.17. The number of alkyl halides is 3. The molecule has 11 heteroatoms. The van der Waals surface area contributed by atoms with Crippen LogP contribution in [-0.2, 0) is 10.0 Å². The highest BCUT2D eigenvalue weighted by Crippen LogP contribution is 2.35. The highest BCUT2D eigenvalue weighted by molar-refractivity contribution is 7.88. The second-order valence-corrected chi connectivity index (χ2v) is 8.61. The van der Waals surface area contributed by atoms with Crippen molar-refractivity contribution in [2.45, 2.75) is 12.2 Å². The summed E-state index contributed by atoms with van der Waals surface area (Å²) in [5.41, 5.74) is 3.90. The van der Waals surface area contributed by atoms with E-state index in [2.05, 4.69) is 10.1 Å². The van der Waals surface area contributed by atoms with Crippen molar-refractivity contribution in [3.05, 3.63) is 60.2 Å². The van der Waals surface area contributed by atoms with Gasteiger partial charge in [-0.3, -0.25) is 5.01 Å². The predicted octanol–water partition coefficient (Wildman–Crippen LogP) is 2.92. The first-order valence-corrected chi connectivity index (χ1v) is 11.1. The first-order chi connectivity index (χ1) is 14.6. The predicted molar refractivity (Wildman–Crippen MR) is 111 cm³/mol. The lowest BCUT2D eigenvalue weighted by atomic mass is 10.1. The van der Waals surface area contributed by atoms with Crippen molar-refractivity contribution in [1.29, 1.82) is 0 Å². The van der Waals surface area contributed by atoms with Crippen LogP contribution in [0.25, 0.3) is 5.70 Å². The van der Waals surface area contributed by atoms with Gasteiger partial charge in [0.15, 0.2) is 0 Å². The summed E-state index contributed by atoms with van der Waals surface area (Å²) in [7, 11) is -1.79. The Kier molecular flexibility index (Phi) is 6.77. The number of sulfonamides is 1. The number of hydrogen-bond donors (Lipinski definition) is 2. The number of rotatable bonds is 8. The van der Waals surface area contributed by atoms with Crippen LogP contribution >= 0.6 is 0 Å². The van der Waals surface area contributed by atoms with E-state index in [0.29, 0.717) is 28.4 Å². The van der Waals surface area contributed by atoms with Crippen LogP contribution in [0.5, 0.6) is 11.5 Å². The first-order valence-electron chi connectivity index (χ1n) is 9.23. The number of hydrazine groups is 1. The third-order valence-corrected chi connectivity index (χ3v) is 5.13. The standard InChI is InChI=1S/C20H22F3N3O4S/c1-29-16-9-5-15(6-10-16)26-18(13-19(25-26)20(21,22)23)14-3-7-17(8-4-14)30-12-11-24-31(2,27)28/h3-10,13,19,24-25H,11-12H2,1-2H3. The van der Waals surface area contributed by atoms with E-state index >= 15 is 0 Å². The smallest absolute Gasteiger partial charge is 0.409 e. The summed E-state index contributed by atoms with van der Waals surface area (Å²) >= 11 is 0. The lowest BCUT2D eigenvalue weighted by Crippen LogP contribution is -2.44. The number of nitrogens with zero attached hydrogens (tertiary/aromatic N) is 1. The molecule has 0 amide bonds. The molecule has 1 unspecified atom stereocenters. The Morgan fingerprint density at radius 2 is 1.68 bits per heavy atom. The van der Waals surface area contributed by atoms with Crippen molar-refractivity contribution < 1.29 is 31.1 Å². The number of methoxy groups -OCH3 is 1. The number of benzene rings is 2. The Hall–Kier alpha value is -2.76. The quantitative estimate of drug-likeness (QED) is 0.594. The van der Waals surface area contributed by atoms with Gasteiger partial charge in [0.1, 0.15) is 24.1 Å². The Bertz CT molecular complexity index is 1020. The van der Waals surface area contributed by atoms with Crippen LogP contribution in [0.4, 0.5) is 18.9 Å².